The predicted molar refractivity (Wildman–Crippen MR) is 80.4 cm³/mol. The Labute approximate surface area is 129 Å². The molecular formula is C14H19N3O4S. The van der Waals surface area contributed by atoms with E-state index in [0.29, 0.717) is 18.8 Å². The first kappa shape index (κ1) is 15.2. The Hall–Kier alpha value is -1.67. The largest absolute Gasteiger partial charge is 0.482 e. The van der Waals surface area contributed by atoms with Crippen molar-refractivity contribution in [3.63, 3.8) is 0 Å². The Bertz CT molecular complexity index is 676. The van der Waals surface area contributed by atoms with Gasteiger partial charge in [-0.05, 0) is 19.1 Å². The van der Waals surface area contributed by atoms with Crippen molar-refractivity contribution < 1.29 is 17.9 Å². The van der Waals surface area contributed by atoms with E-state index in [0.717, 1.165) is 5.69 Å². The fraction of sp³-hybridized carbons (Fsp3) is 0.571. The summed E-state index contributed by atoms with van der Waals surface area (Å²) < 4.78 is 29.1. The number of ether oxygens (including phenoxy) is 1. The van der Waals surface area contributed by atoms with Gasteiger partial charge in [0.25, 0.3) is 5.91 Å². The van der Waals surface area contributed by atoms with Gasteiger partial charge in [-0.25, -0.2) is 8.42 Å². The average molecular weight is 325 g/mol. The zero-order valence-electron chi connectivity index (χ0n) is 12.4. The number of sulfone groups is 1. The monoisotopic (exact) mass is 325 g/mol. The van der Waals surface area contributed by atoms with Crippen LogP contribution in [0.2, 0.25) is 0 Å². The van der Waals surface area contributed by atoms with Crippen LogP contribution in [0.4, 0.5) is 0 Å². The van der Waals surface area contributed by atoms with Crippen LogP contribution >= 0.6 is 0 Å². The van der Waals surface area contributed by atoms with E-state index < -0.39 is 9.84 Å². The molecule has 2 aliphatic rings. The topological polar surface area (TPSA) is 88.6 Å². The van der Waals surface area contributed by atoms with Crippen LogP contribution in [0.25, 0.3) is 0 Å². The van der Waals surface area contributed by atoms with E-state index in [2.05, 4.69) is 10.3 Å². The number of hydrogen-bond acceptors (Lipinski definition) is 6. The number of pyridine rings is 1. The second-order valence-corrected chi connectivity index (χ2v) is 7.82. The minimum atomic E-state index is -3.08. The number of aromatic nitrogens is 1. The lowest BCUT2D eigenvalue weighted by Gasteiger charge is -2.37. The van der Waals surface area contributed by atoms with Gasteiger partial charge >= 0.3 is 0 Å². The number of amides is 1. The summed E-state index contributed by atoms with van der Waals surface area (Å²) in [6, 6.07) is 3.06. The summed E-state index contributed by atoms with van der Waals surface area (Å²) in [5, 5.41) is 3.18. The number of fused-ring (bicyclic) bond motifs is 1. The van der Waals surface area contributed by atoms with Crippen molar-refractivity contribution in [1.29, 1.82) is 0 Å². The van der Waals surface area contributed by atoms with E-state index >= 15 is 0 Å². The second kappa shape index (κ2) is 5.85. The maximum atomic E-state index is 12.4. The van der Waals surface area contributed by atoms with Crippen LogP contribution in [-0.2, 0) is 14.6 Å². The summed E-state index contributed by atoms with van der Waals surface area (Å²) in [6.07, 6.45) is 1.66. The first-order chi connectivity index (χ1) is 10.5. The van der Waals surface area contributed by atoms with E-state index in [1.165, 1.54) is 0 Å². The number of piperazine rings is 1. The molecule has 0 bridgehead atoms. The molecule has 0 spiro atoms. The number of carbonyl (C=O) groups excluding carboxylic acids is 1. The highest BCUT2D eigenvalue weighted by molar-refractivity contribution is 7.91. The molecule has 3 rings (SSSR count). The SMILES string of the molecule is Cc1ncccc1OCC(=O)N1CCN[C@@H]2CS(=O)(=O)C[C@@H]21. The quantitative estimate of drug-likeness (QED) is 0.796. The van der Waals surface area contributed by atoms with Crippen LogP contribution in [0.5, 0.6) is 5.75 Å². The average Bonchev–Trinajstić information content (AvgIpc) is 2.79. The summed E-state index contributed by atoms with van der Waals surface area (Å²) in [5.41, 5.74) is 0.719. The predicted octanol–water partition coefficient (Wildman–Crippen LogP) is -0.634. The molecule has 120 valence electrons. The number of aryl methyl sites for hydroxylation is 1. The molecule has 7 nitrogen and oxygen atoms in total. The van der Waals surface area contributed by atoms with Gasteiger partial charge in [0.15, 0.2) is 16.4 Å². The summed E-state index contributed by atoms with van der Waals surface area (Å²) in [5.74, 6) is 0.519. The standard InChI is InChI=1S/C14H19N3O4S/c1-10-13(3-2-4-15-10)21-7-14(18)17-6-5-16-11-8-22(19,20)9-12(11)17/h2-4,11-12,16H,5-9H2,1H3/t11-,12+/m1/s1. The minimum Gasteiger partial charge on any atom is -0.482 e. The smallest absolute Gasteiger partial charge is 0.260 e. The number of nitrogens with one attached hydrogen (secondary N) is 1. The maximum Gasteiger partial charge on any atom is 0.260 e. The summed E-state index contributed by atoms with van der Waals surface area (Å²) >= 11 is 0. The molecule has 2 fully saturated rings. The highest BCUT2D eigenvalue weighted by Gasteiger charge is 2.44. The molecule has 1 amide bonds. The fourth-order valence-corrected chi connectivity index (χ4v) is 4.98. The molecular weight excluding hydrogens is 306 g/mol. The van der Waals surface area contributed by atoms with Crippen molar-refractivity contribution in [2.24, 2.45) is 0 Å². The number of rotatable bonds is 3. The molecule has 0 unspecified atom stereocenters. The summed E-state index contributed by atoms with van der Waals surface area (Å²) in [7, 11) is -3.08. The lowest BCUT2D eigenvalue weighted by molar-refractivity contribution is -0.136. The van der Waals surface area contributed by atoms with E-state index in [1.54, 1.807) is 23.2 Å². The highest BCUT2D eigenvalue weighted by atomic mass is 32.2. The van der Waals surface area contributed by atoms with Gasteiger partial charge in [-0.2, -0.15) is 0 Å². The van der Waals surface area contributed by atoms with Crippen LogP contribution in [0.3, 0.4) is 0 Å². The van der Waals surface area contributed by atoms with Gasteiger partial charge in [0, 0.05) is 25.3 Å². The van der Waals surface area contributed by atoms with Crippen LogP contribution < -0.4 is 10.1 Å². The van der Waals surface area contributed by atoms with Gasteiger partial charge < -0.3 is 15.0 Å². The van der Waals surface area contributed by atoms with Crippen molar-refractivity contribution in [3.05, 3.63) is 24.0 Å². The molecule has 2 atom stereocenters. The number of hydrogen-bond donors (Lipinski definition) is 1. The van der Waals surface area contributed by atoms with Gasteiger partial charge in [0.1, 0.15) is 5.75 Å². The van der Waals surface area contributed by atoms with Crippen LogP contribution in [0.1, 0.15) is 5.69 Å². The van der Waals surface area contributed by atoms with Crippen molar-refractivity contribution in [2.75, 3.05) is 31.2 Å². The van der Waals surface area contributed by atoms with Crippen LogP contribution in [0, 0.1) is 6.92 Å². The minimum absolute atomic E-state index is 0.0301. The molecule has 1 N–H and O–H groups in total. The zero-order chi connectivity index (χ0) is 15.7. The first-order valence-electron chi connectivity index (χ1n) is 7.24. The van der Waals surface area contributed by atoms with Crippen molar-refractivity contribution in [1.82, 2.24) is 15.2 Å². The van der Waals surface area contributed by atoms with E-state index in [4.69, 9.17) is 4.74 Å². The van der Waals surface area contributed by atoms with Crippen LogP contribution in [0.15, 0.2) is 18.3 Å². The second-order valence-electron chi connectivity index (χ2n) is 5.67. The normalized spacial score (nSPS) is 26.5. The fourth-order valence-electron chi connectivity index (χ4n) is 3.02. The van der Waals surface area contributed by atoms with Crippen molar-refractivity contribution in [2.45, 2.75) is 19.0 Å². The third-order valence-corrected chi connectivity index (χ3v) is 5.83. The Balaban J connectivity index is 1.66. The third-order valence-electron chi connectivity index (χ3n) is 4.11. The number of carbonyl (C=O) groups is 1. The van der Waals surface area contributed by atoms with E-state index in [9.17, 15) is 13.2 Å². The highest BCUT2D eigenvalue weighted by Crippen LogP contribution is 2.22. The molecule has 0 aromatic carbocycles. The molecule has 22 heavy (non-hydrogen) atoms. The van der Waals surface area contributed by atoms with Crippen molar-refractivity contribution >= 4 is 15.7 Å². The Morgan fingerprint density at radius 2 is 2.32 bits per heavy atom. The summed E-state index contributed by atoms with van der Waals surface area (Å²) in [4.78, 5) is 18.1. The van der Waals surface area contributed by atoms with E-state index in [-0.39, 0.29) is 36.1 Å². The number of nitrogens with zero attached hydrogens (tertiary/aromatic N) is 2. The molecule has 1 aromatic heterocycles. The summed E-state index contributed by atoms with van der Waals surface area (Å²) in [6.45, 7) is 2.82. The third kappa shape index (κ3) is 3.07. The van der Waals surface area contributed by atoms with E-state index in [1.807, 2.05) is 6.92 Å². The zero-order valence-corrected chi connectivity index (χ0v) is 13.2. The Morgan fingerprint density at radius 3 is 3.09 bits per heavy atom. The molecule has 3 heterocycles. The molecule has 2 aliphatic heterocycles. The van der Waals surface area contributed by atoms with Crippen molar-refractivity contribution in [3.8, 4) is 5.75 Å². The molecule has 0 radical (unpaired) electrons. The van der Waals surface area contributed by atoms with Gasteiger partial charge in [0.05, 0.1) is 23.2 Å². The van der Waals surface area contributed by atoms with Gasteiger partial charge in [-0.3, -0.25) is 9.78 Å². The first-order valence-corrected chi connectivity index (χ1v) is 9.06. The van der Waals surface area contributed by atoms with Gasteiger partial charge in [-0.1, -0.05) is 0 Å². The van der Waals surface area contributed by atoms with Crippen LogP contribution in [-0.4, -0.2) is 67.5 Å². The molecule has 2 saturated heterocycles. The Morgan fingerprint density at radius 1 is 1.50 bits per heavy atom. The lowest BCUT2D eigenvalue weighted by Crippen LogP contribution is -2.59. The lowest BCUT2D eigenvalue weighted by atomic mass is 10.1. The Kier molecular flexibility index (Phi) is 4.05. The molecule has 0 saturated carbocycles. The molecule has 0 aliphatic carbocycles. The molecule has 8 heteroatoms. The van der Waals surface area contributed by atoms with Gasteiger partial charge in [-0.15, -0.1) is 0 Å². The van der Waals surface area contributed by atoms with Gasteiger partial charge in [0.2, 0.25) is 0 Å². The maximum absolute atomic E-state index is 12.4. The molecule has 1 aromatic rings.